The molecule has 0 N–H and O–H groups in total. The van der Waals surface area contributed by atoms with Gasteiger partial charge in [-0.1, -0.05) is 30.3 Å². The monoisotopic (exact) mass is 381 g/mol. The van der Waals surface area contributed by atoms with Gasteiger partial charge in [0.1, 0.15) is 0 Å². The average molecular weight is 381 g/mol. The first-order chi connectivity index (χ1) is 13.6. The zero-order valence-electron chi connectivity index (χ0n) is 16.3. The second-order valence-electron chi connectivity index (χ2n) is 7.76. The van der Waals surface area contributed by atoms with E-state index in [0.29, 0.717) is 31.7 Å². The summed E-state index contributed by atoms with van der Waals surface area (Å²) >= 11 is 0. The van der Waals surface area contributed by atoms with Gasteiger partial charge < -0.3 is 19.1 Å². The SMILES string of the molecule is CN1CCN(C(=O)C2CCN(C(=O)c3ccco3)CC2)C(c2ccccc2)C1. The largest absolute Gasteiger partial charge is 0.459 e. The molecule has 6 heteroatoms. The van der Waals surface area contributed by atoms with Crippen LogP contribution in [-0.2, 0) is 4.79 Å². The fourth-order valence-corrected chi connectivity index (χ4v) is 4.26. The number of carbonyl (C=O) groups is 2. The zero-order valence-corrected chi connectivity index (χ0v) is 16.3. The number of rotatable bonds is 3. The molecule has 0 aliphatic carbocycles. The number of piperidine rings is 1. The number of furan rings is 1. The van der Waals surface area contributed by atoms with Gasteiger partial charge in [-0.15, -0.1) is 0 Å². The summed E-state index contributed by atoms with van der Waals surface area (Å²) in [7, 11) is 2.11. The van der Waals surface area contributed by atoms with E-state index in [2.05, 4.69) is 29.0 Å². The number of nitrogens with zero attached hydrogens (tertiary/aromatic N) is 3. The van der Waals surface area contributed by atoms with E-state index < -0.39 is 0 Å². The normalized spacial score (nSPS) is 21.7. The first kappa shape index (κ1) is 18.7. The zero-order chi connectivity index (χ0) is 19.5. The lowest BCUT2D eigenvalue weighted by atomic mass is 9.92. The minimum Gasteiger partial charge on any atom is -0.459 e. The number of hydrogen-bond acceptors (Lipinski definition) is 4. The molecule has 2 saturated heterocycles. The maximum atomic E-state index is 13.3. The molecule has 2 aliphatic rings. The van der Waals surface area contributed by atoms with Crippen molar-refractivity contribution in [2.75, 3.05) is 39.8 Å². The number of hydrogen-bond donors (Lipinski definition) is 0. The molecule has 6 nitrogen and oxygen atoms in total. The minimum atomic E-state index is -0.0855. The molecule has 28 heavy (non-hydrogen) atoms. The third kappa shape index (κ3) is 3.83. The van der Waals surface area contributed by atoms with Crippen molar-refractivity contribution < 1.29 is 14.0 Å². The van der Waals surface area contributed by atoms with E-state index in [0.717, 1.165) is 19.6 Å². The molecule has 2 aliphatic heterocycles. The molecule has 4 rings (SSSR count). The molecular weight excluding hydrogens is 354 g/mol. The highest BCUT2D eigenvalue weighted by Crippen LogP contribution is 2.29. The Labute approximate surface area is 165 Å². The van der Waals surface area contributed by atoms with Gasteiger partial charge in [0.2, 0.25) is 5.91 Å². The van der Waals surface area contributed by atoms with Gasteiger partial charge in [0.15, 0.2) is 5.76 Å². The van der Waals surface area contributed by atoms with E-state index in [4.69, 9.17) is 4.42 Å². The number of likely N-dealkylation sites (tertiary alicyclic amines) is 1. The number of likely N-dealkylation sites (N-methyl/N-ethyl adjacent to an activating group) is 1. The molecular formula is C22H27N3O3. The van der Waals surface area contributed by atoms with Crippen LogP contribution in [0.2, 0.25) is 0 Å². The van der Waals surface area contributed by atoms with Crippen molar-refractivity contribution in [2.24, 2.45) is 5.92 Å². The molecule has 148 valence electrons. The lowest BCUT2D eigenvalue weighted by Gasteiger charge is -2.43. The van der Waals surface area contributed by atoms with E-state index in [1.165, 1.54) is 11.8 Å². The Bertz CT molecular complexity index is 798. The smallest absolute Gasteiger partial charge is 0.289 e. The van der Waals surface area contributed by atoms with Crippen LogP contribution in [0.1, 0.15) is 35.0 Å². The summed E-state index contributed by atoms with van der Waals surface area (Å²) < 4.78 is 5.22. The predicted molar refractivity (Wildman–Crippen MR) is 106 cm³/mol. The van der Waals surface area contributed by atoms with Crippen molar-refractivity contribution in [1.82, 2.24) is 14.7 Å². The van der Waals surface area contributed by atoms with Gasteiger partial charge in [0, 0.05) is 38.6 Å². The van der Waals surface area contributed by atoms with Crippen molar-refractivity contribution in [3.63, 3.8) is 0 Å². The fraction of sp³-hybridized carbons (Fsp3) is 0.455. The maximum Gasteiger partial charge on any atom is 0.289 e. The Morgan fingerprint density at radius 2 is 1.71 bits per heavy atom. The Morgan fingerprint density at radius 3 is 2.39 bits per heavy atom. The minimum absolute atomic E-state index is 0.0183. The number of benzene rings is 1. The van der Waals surface area contributed by atoms with Gasteiger partial charge in [-0.05, 0) is 37.6 Å². The van der Waals surface area contributed by atoms with Crippen molar-refractivity contribution in [3.8, 4) is 0 Å². The van der Waals surface area contributed by atoms with Crippen molar-refractivity contribution >= 4 is 11.8 Å². The average Bonchev–Trinajstić information content (AvgIpc) is 3.28. The second-order valence-corrected chi connectivity index (χ2v) is 7.76. The second kappa shape index (κ2) is 8.19. The van der Waals surface area contributed by atoms with Gasteiger partial charge >= 0.3 is 0 Å². The Hall–Kier alpha value is -2.60. The van der Waals surface area contributed by atoms with Crippen LogP contribution in [0.3, 0.4) is 0 Å². The Morgan fingerprint density at radius 1 is 0.964 bits per heavy atom. The quantitative estimate of drug-likeness (QED) is 0.820. The van der Waals surface area contributed by atoms with E-state index in [1.807, 2.05) is 18.2 Å². The van der Waals surface area contributed by atoms with E-state index in [9.17, 15) is 9.59 Å². The van der Waals surface area contributed by atoms with Crippen LogP contribution >= 0.6 is 0 Å². The number of piperazine rings is 1. The molecule has 0 radical (unpaired) electrons. The third-order valence-corrected chi connectivity index (χ3v) is 5.91. The Kier molecular flexibility index (Phi) is 5.48. The molecule has 1 aromatic heterocycles. The van der Waals surface area contributed by atoms with Crippen LogP contribution in [-0.4, -0.2) is 66.3 Å². The van der Waals surface area contributed by atoms with Crippen molar-refractivity contribution in [1.29, 1.82) is 0 Å². The van der Waals surface area contributed by atoms with E-state index in [-0.39, 0.29) is 23.8 Å². The molecule has 1 atom stereocenters. The summed E-state index contributed by atoms with van der Waals surface area (Å²) in [6.07, 6.45) is 2.93. The first-order valence-corrected chi connectivity index (χ1v) is 10.00. The van der Waals surface area contributed by atoms with Gasteiger partial charge in [0.25, 0.3) is 5.91 Å². The highest BCUT2D eigenvalue weighted by molar-refractivity contribution is 5.91. The molecule has 0 saturated carbocycles. The van der Waals surface area contributed by atoms with E-state index >= 15 is 0 Å². The highest BCUT2D eigenvalue weighted by atomic mass is 16.3. The van der Waals surface area contributed by atoms with Crippen LogP contribution in [0.4, 0.5) is 0 Å². The maximum absolute atomic E-state index is 13.3. The van der Waals surface area contributed by atoms with E-state index in [1.54, 1.807) is 17.0 Å². The topological polar surface area (TPSA) is 57.0 Å². The molecule has 0 bridgehead atoms. The first-order valence-electron chi connectivity index (χ1n) is 10.00. The van der Waals surface area contributed by atoms with Crippen LogP contribution in [0.5, 0.6) is 0 Å². The van der Waals surface area contributed by atoms with Crippen LogP contribution < -0.4 is 0 Å². The van der Waals surface area contributed by atoms with Crippen molar-refractivity contribution in [2.45, 2.75) is 18.9 Å². The van der Waals surface area contributed by atoms with Gasteiger partial charge in [-0.2, -0.15) is 0 Å². The molecule has 0 spiro atoms. The molecule has 2 aromatic rings. The molecule has 1 aromatic carbocycles. The summed E-state index contributed by atoms with van der Waals surface area (Å²) in [6.45, 7) is 3.69. The number of amides is 2. The lowest BCUT2D eigenvalue weighted by molar-refractivity contribution is -0.142. The molecule has 3 heterocycles. The molecule has 2 fully saturated rings. The fourth-order valence-electron chi connectivity index (χ4n) is 4.26. The summed E-state index contributed by atoms with van der Waals surface area (Å²) in [5.74, 6) is 0.493. The molecule has 1 unspecified atom stereocenters. The summed E-state index contributed by atoms with van der Waals surface area (Å²) in [6, 6.07) is 13.8. The standard InChI is InChI=1S/C22H27N3O3/c1-23-13-14-25(19(16-23)17-6-3-2-4-7-17)21(26)18-9-11-24(12-10-18)22(27)20-8-5-15-28-20/h2-8,15,18-19H,9-14,16H2,1H3. The van der Waals surface area contributed by atoms with Gasteiger partial charge in [-0.25, -0.2) is 0 Å². The highest BCUT2D eigenvalue weighted by Gasteiger charge is 2.36. The van der Waals surface area contributed by atoms with Crippen LogP contribution in [0.15, 0.2) is 53.1 Å². The predicted octanol–water partition coefficient (Wildman–Crippen LogP) is 2.65. The van der Waals surface area contributed by atoms with Crippen molar-refractivity contribution in [3.05, 3.63) is 60.1 Å². The van der Waals surface area contributed by atoms with Gasteiger partial charge in [0.05, 0.1) is 12.3 Å². The van der Waals surface area contributed by atoms with Crippen LogP contribution in [0.25, 0.3) is 0 Å². The molecule has 2 amide bonds. The van der Waals surface area contributed by atoms with Crippen LogP contribution in [0, 0.1) is 5.92 Å². The number of carbonyl (C=O) groups excluding carboxylic acids is 2. The lowest BCUT2D eigenvalue weighted by Crippen LogP contribution is -2.52. The summed E-state index contributed by atoms with van der Waals surface area (Å²) in [4.78, 5) is 31.9. The van der Waals surface area contributed by atoms with Gasteiger partial charge in [-0.3, -0.25) is 9.59 Å². The Balaban J connectivity index is 1.42. The summed E-state index contributed by atoms with van der Waals surface area (Å²) in [5.41, 5.74) is 1.19. The third-order valence-electron chi connectivity index (χ3n) is 5.91. The summed E-state index contributed by atoms with van der Waals surface area (Å²) in [5, 5.41) is 0.